The Hall–Kier alpha value is -0.440. The van der Waals surface area contributed by atoms with Crippen molar-refractivity contribution in [2.24, 2.45) is 0 Å². The molecule has 0 aromatic rings. The van der Waals surface area contributed by atoms with Crippen LogP contribution in [0.5, 0.6) is 0 Å². The number of ether oxygens (including phenoxy) is 3. The monoisotopic (exact) mass is 342 g/mol. The predicted octanol–water partition coefficient (Wildman–Crippen LogP) is -5.40. The lowest BCUT2D eigenvalue weighted by Crippen LogP contribution is -2.66. The summed E-state index contributed by atoms with van der Waals surface area (Å²) in [6, 6.07) is 0. The second kappa shape index (κ2) is 7.21. The zero-order valence-electron chi connectivity index (χ0n) is 12.0. The summed E-state index contributed by atoms with van der Waals surface area (Å²) < 4.78 is 15.1. The second-order valence-corrected chi connectivity index (χ2v) is 5.62. The highest BCUT2D eigenvalue weighted by molar-refractivity contribution is 4.95. The normalized spacial score (nSPS) is 51.7. The van der Waals surface area contributed by atoms with E-state index in [0.29, 0.717) is 0 Å². The third-order valence-corrected chi connectivity index (χ3v) is 4.02. The quantitative estimate of drug-likeness (QED) is 0.243. The fourth-order valence-electron chi connectivity index (χ4n) is 2.52. The van der Waals surface area contributed by atoms with E-state index in [9.17, 15) is 30.6 Å². The van der Waals surface area contributed by atoms with Gasteiger partial charge in [0.15, 0.2) is 6.29 Å². The number of hydrogen-bond donors (Lipinski definition) is 8. The third-order valence-electron chi connectivity index (χ3n) is 4.02. The van der Waals surface area contributed by atoms with Crippen LogP contribution in [0.2, 0.25) is 0 Å². The summed E-state index contributed by atoms with van der Waals surface area (Å²) in [6.07, 6.45) is -12.7. The van der Waals surface area contributed by atoms with Crippen LogP contribution < -0.4 is 0 Å². The third kappa shape index (κ3) is 3.50. The van der Waals surface area contributed by atoms with Crippen molar-refractivity contribution in [1.29, 1.82) is 0 Å². The summed E-state index contributed by atoms with van der Waals surface area (Å²) in [5, 5.41) is 77.1. The molecule has 2 saturated heterocycles. The number of rotatable bonds is 4. The Morgan fingerprint density at radius 1 is 1.00 bits per heavy atom. The largest absolute Gasteiger partial charge is 0.394 e. The van der Waals surface area contributed by atoms with Crippen LogP contribution in [0, 0.1) is 0 Å². The Morgan fingerprint density at radius 2 is 1.65 bits per heavy atom. The van der Waals surface area contributed by atoms with E-state index in [1.54, 1.807) is 0 Å². The molecule has 0 bridgehead atoms. The standard InChI is InChI=1S/C12H22O11/c13-1-5-6(16)7(17)8(18)11(22-5)23-9-4(15)2-21-12(20,3-14)10(9)19/h4-11,13-20H,1-3H2/t4-,5-,6-,7+,8-,9-,10+,11-,12?/m1/s1. The van der Waals surface area contributed by atoms with Gasteiger partial charge in [0.05, 0.1) is 19.8 Å². The Morgan fingerprint density at radius 3 is 2.22 bits per heavy atom. The van der Waals surface area contributed by atoms with Gasteiger partial charge in [-0.3, -0.25) is 0 Å². The Labute approximate surface area is 130 Å². The molecule has 0 radical (unpaired) electrons. The summed E-state index contributed by atoms with van der Waals surface area (Å²) in [4.78, 5) is 0. The molecular formula is C12H22O11. The first-order valence-corrected chi connectivity index (χ1v) is 7.04. The number of aliphatic hydroxyl groups excluding tert-OH is 7. The number of aliphatic hydroxyl groups is 8. The van der Waals surface area contributed by atoms with Crippen LogP contribution in [0.15, 0.2) is 0 Å². The minimum Gasteiger partial charge on any atom is -0.394 e. The van der Waals surface area contributed by atoms with E-state index in [1.807, 2.05) is 0 Å². The van der Waals surface area contributed by atoms with Crippen molar-refractivity contribution in [1.82, 2.24) is 0 Å². The summed E-state index contributed by atoms with van der Waals surface area (Å²) in [6.45, 7) is -2.13. The summed E-state index contributed by atoms with van der Waals surface area (Å²) in [5.74, 6) is -2.38. The molecule has 2 fully saturated rings. The van der Waals surface area contributed by atoms with Crippen molar-refractivity contribution in [3.05, 3.63) is 0 Å². The van der Waals surface area contributed by atoms with E-state index in [1.165, 1.54) is 0 Å². The molecule has 11 heteroatoms. The van der Waals surface area contributed by atoms with Crippen LogP contribution in [-0.2, 0) is 14.2 Å². The summed E-state index contributed by atoms with van der Waals surface area (Å²) in [5.41, 5.74) is 0. The van der Waals surface area contributed by atoms with Gasteiger partial charge in [0.1, 0.15) is 42.7 Å². The predicted molar refractivity (Wildman–Crippen MR) is 68.6 cm³/mol. The second-order valence-electron chi connectivity index (χ2n) is 5.62. The molecule has 0 saturated carbocycles. The molecule has 0 aromatic heterocycles. The van der Waals surface area contributed by atoms with Crippen molar-refractivity contribution >= 4 is 0 Å². The molecule has 1 unspecified atom stereocenters. The molecule has 2 aliphatic heterocycles. The zero-order valence-corrected chi connectivity index (χ0v) is 12.0. The molecule has 0 aromatic carbocycles. The smallest absolute Gasteiger partial charge is 0.218 e. The van der Waals surface area contributed by atoms with Crippen molar-refractivity contribution in [2.75, 3.05) is 19.8 Å². The molecule has 0 amide bonds. The van der Waals surface area contributed by atoms with Crippen LogP contribution in [0.4, 0.5) is 0 Å². The maximum Gasteiger partial charge on any atom is 0.218 e. The van der Waals surface area contributed by atoms with Gasteiger partial charge in [-0.25, -0.2) is 0 Å². The fourth-order valence-corrected chi connectivity index (χ4v) is 2.52. The van der Waals surface area contributed by atoms with Crippen LogP contribution in [0.25, 0.3) is 0 Å². The van der Waals surface area contributed by atoms with E-state index in [4.69, 9.17) is 24.4 Å². The fraction of sp³-hybridized carbons (Fsp3) is 1.00. The van der Waals surface area contributed by atoms with Crippen LogP contribution in [0.3, 0.4) is 0 Å². The average Bonchev–Trinajstić information content (AvgIpc) is 2.55. The molecular weight excluding hydrogens is 320 g/mol. The minimum absolute atomic E-state index is 0.476. The van der Waals surface area contributed by atoms with E-state index >= 15 is 0 Å². The maximum atomic E-state index is 10.00. The van der Waals surface area contributed by atoms with Crippen molar-refractivity contribution in [3.8, 4) is 0 Å². The Bertz CT molecular complexity index is 393. The first-order valence-electron chi connectivity index (χ1n) is 7.04. The van der Waals surface area contributed by atoms with Gasteiger partial charge in [0, 0.05) is 0 Å². The molecule has 2 heterocycles. The maximum absolute atomic E-state index is 10.00. The van der Waals surface area contributed by atoms with E-state index in [-0.39, 0.29) is 0 Å². The van der Waals surface area contributed by atoms with Gasteiger partial charge in [-0.1, -0.05) is 0 Å². The molecule has 23 heavy (non-hydrogen) atoms. The van der Waals surface area contributed by atoms with Crippen LogP contribution in [-0.4, -0.2) is 115 Å². The Balaban J connectivity index is 2.12. The van der Waals surface area contributed by atoms with Gasteiger partial charge in [-0.15, -0.1) is 0 Å². The highest BCUT2D eigenvalue weighted by Crippen LogP contribution is 2.29. The lowest BCUT2D eigenvalue weighted by molar-refractivity contribution is -0.373. The van der Waals surface area contributed by atoms with E-state index in [2.05, 4.69) is 0 Å². The molecule has 0 spiro atoms. The SMILES string of the molecule is OC[C@H]1O[C@H](O[C@@H]2[C@H](O)COC(O)(CO)[C@H]2O)[C@H](O)[C@@H](O)[C@@H]1O. The lowest BCUT2D eigenvalue weighted by Gasteiger charge is -2.46. The van der Waals surface area contributed by atoms with Gasteiger partial charge in [0.25, 0.3) is 0 Å². The van der Waals surface area contributed by atoms with Crippen LogP contribution in [0.1, 0.15) is 0 Å². The van der Waals surface area contributed by atoms with Gasteiger partial charge in [0.2, 0.25) is 5.79 Å². The molecule has 9 atom stereocenters. The van der Waals surface area contributed by atoms with Crippen molar-refractivity contribution in [2.45, 2.75) is 54.8 Å². The first kappa shape index (κ1) is 18.9. The Kier molecular flexibility index (Phi) is 5.92. The van der Waals surface area contributed by atoms with Crippen molar-refractivity contribution < 1.29 is 55.1 Å². The topological polar surface area (TPSA) is 190 Å². The van der Waals surface area contributed by atoms with Gasteiger partial charge < -0.3 is 55.1 Å². The average molecular weight is 342 g/mol. The number of hydrogen-bond acceptors (Lipinski definition) is 11. The molecule has 11 nitrogen and oxygen atoms in total. The zero-order chi connectivity index (χ0) is 17.4. The van der Waals surface area contributed by atoms with Gasteiger partial charge in [-0.05, 0) is 0 Å². The summed E-state index contributed by atoms with van der Waals surface area (Å²) >= 11 is 0. The molecule has 8 N–H and O–H groups in total. The molecule has 136 valence electrons. The molecule has 0 aliphatic carbocycles. The molecule has 2 aliphatic rings. The minimum atomic E-state index is -2.38. The van der Waals surface area contributed by atoms with Crippen LogP contribution >= 0.6 is 0 Å². The van der Waals surface area contributed by atoms with Gasteiger partial charge in [-0.2, -0.15) is 0 Å². The van der Waals surface area contributed by atoms with E-state index < -0.39 is 74.6 Å². The van der Waals surface area contributed by atoms with E-state index in [0.717, 1.165) is 0 Å². The highest BCUT2D eigenvalue weighted by Gasteiger charge is 2.52. The highest BCUT2D eigenvalue weighted by atomic mass is 16.7. The first-order chi connectivity index (χ1) is 10.7. The van der Waals surface area contributed by atoms with Gasteiger partial charge >= 0.3 is 0 Å². The molecule has 2 rings (SSSR count). The van der Waals surface area contributed by atoms with Crippen molar-refractivity contribution in [3.63, 3.8) is 0 Å². The lowest BCUT2D eigenvalue weighted by atomic mass is 9.96. The summed E-state index contributed by atoms with van der Waals surface area (Å²) in [7, 11) is 0.